The van der Waals surface area contributed by atoms with Crippen LogP contribution in [0.4, 0.5) is 0 Å². The van der Waals surface area contributed by atoms with E-state index in [9.17, 15) is 9.59 Å². The number of pyridine rings is 1. The molecule has 1 aromatic heterocycles. The van der Waals surface area contributed by atoms with Crippen molar-refractivity contribution < 1.29 is 24.2 Å². The van der Waals surface area contributed by atoms with Crippen molar-refractivity contribution in [2.75, 3.05) is 40.0 Å². The highest BCUT2D eigenvalue weighted by Crippen LogP contribution is 2.04. The van der Waals surface area contributed by atoms with Crippen LogP contribution in [0.1, 0.15) is 16.8 Å². The number of amides is 1. The normalized spacial score (nSPS) is 10.2. The average molecular weight is 296 g/mol. The van der Waals surface area contributed by atoms with Crippen molar-refractivity contribution in [3.05, 3.63) is 30.1 Å². The minimum Gasteiger partial charge on any atom is -0.469 e. The quantitative estimate of drug-likeness (QED) is 0.513. The Kier molecular flexibility index (Phi) is 8.00. The van der Waals surface area contributed by atoms with E-state index in [4.69, 9.17) is 9.84 Å². The summed E-state index contributed by atoms with van der Waals surface area (Å²) in [7, 11) is 1.31. The lowest BCUT2D eigenvalue weighted by Crippen LogP contribution is -2.36. The van der Waals surface area contributed by atoms with Gasteiger partial charge < -0.3 is 19.5 Å². The lowest BCUT2D eigenvalue weighted by molar-refractivity contribution is -0.140. The van der Waals surface area contributed by atoms with Gasteiger partial charge in [-0.25, -0.2) is 0 Å². The third-order valence-corrected chi connectivity index (χ3v) is 2.75. The molecule has 0 aromatic carbocycles. The molecule has 0 saturated heterocycles. The van der Waals surface area contributed by atoms with E-state index in [1.807, 2.05) is 0 Å². The molecule has 1 N–H and O–H groups in total. The lowest BCUT2D eigenvalue weighted by atomic mass is 10.2. The maximum atomic E-state index is 12.3. The van der Waals surface area contributed by atoms with E-state index in [2.05, 4.69) is 9.72 Å². The van der Waals surface area contributed by atoms with E-state index < -0.39 is 0 Å². The van der Waals surface area contributed by atoms with Gasteiger partial charge in [0, 0.05) is 25.5 Å². The molecule has 0 unspecified atom stereocenters. The second-order valence-electron chi connectivity index (χ2n) is 4.20. The van der Waals surface area contributed by atoms with E-state index in [1.54, 1.807) is 18.3 Å². The van der Waals surface area contributed by atoms with Gasteiger partial charge in [-0.15, -0.1) is 0 Å². The molecule has 0 aliphatic carbocycles. The Morgan fingerprint density at radius 3 is 2.76 bits per heavy atom. The average Bonchev–Trinajstić information content (AvgIpc) is 2.54. The van der Waals surface area contributed by atoms with Crippen LogP contribution in [0, 0.1) is 0 Å². The molecule has 0 fully saturated rings. The molecular formula is C14H20N2O5. The van der Waals surface area contributed by atoms with Crippen molar-refractivity contribution in [3.63, 3.8) is 0 Å². The van der Waals surface area contributed by atoms with Crippen molar-refractivity contribution in [2.24, 2.45) is 0 Å². The number of carbonyl (C=O) groups is 2. The molecule has 7 nitrogen and oxygen atoms in total. The number of hydrogen-bond acceptors (Lipinski definition) is 6. The molecule has 0 saturated carbocycles. The van der Waals surface area contributed by atoms with Gasteiger partial charge in [-0.2, -0.15) is 0 Å². The highest BCUT2D eigenvalue weighted by molar-refractivity contribution is 5.94. The minimum atomic E-state index is -0.379. The second-order valence-corrected chi connectivity index (χ2v) is 4.20. The van der Waals surface area contributed by atoms with E-state index in [0.717, 1.165) is 0 Å². The summed E-state index contributed by atoms with van der Waals surface area (Å²) in [6.45, 7) is 0.992. The molecule has 0 aliphatic heterocycles. The number of rotatable bonds is 9. The van der Waals surface area contributed by atoms with Gasteiger partial charge in [-0.1, -0.05) is 0 Å². The van der Waals surface area contributed by atoms with Crippen molar-refractivity contribution in [3.8, 4) is 0 Å². The number of nitrogens with zero attached hydrogens (tertiary/aromatic N) is 2. The van der Waals surface area contributed by atoms with Crippen LogP contribution in [-0.4, -0.2) is 66.9 Å². The molecule has 1 aromatic rings. The molecule has 1 heterocycles. The van der Waals surface area contributed by atoms with Crippen molar-refractivity contribution in [1.82, 2.24) is 9.88 Å². The largest absolute Gasteiger partial charge is 0.469 e. The first-order valence-electron chi connectivity index (χ1n) is 6.63. The predicted octanol–water partition coefficient (Wildman–Crippen LogP) is 0.0958. The number of ether oxygens (including phenoxy) is 2. The van der Waals surface area contributed by atoms with Crippen LogP contribution >= 0.6 is 0 Å². The molecule has 1 rings (SSSR count). The first kappa shape index (κ1) is 17.1. The molecule has 0 bridgehead atoms. The Bertz CT molecular complexity index is 438. The maximum absolute atomic E-state index is 12.3. The molecule has 0 radical (unpaired) electrons. The zero-order valence-corrected chi connectivity index (χ0v) is 12.0. The van der Waals surface area contributed by atoms with Crippen LogP contribution < -0.4 is 0 Å². The number of esters is 1. The topological polar surface area (TPSA) is 89.0 Å². The lowest BCUT2D eigenvalue weighted by Gasteiger charge is -2.22. The van der Waals surface area contributed by atoms with E-state index in [1.165, 1.54) is 18.2 Å². The zero-order valence-electron chi connectivity index (χ0n) is 12.0. The summed E-state index contributed by atoms with van der Waals surface area (Å²) >= 11 is 0. The monoisotopic (exact) mass is 296 g/mol. The third-order valence-electron chi connectivity index (χ3n) is 2.75. The fourth-order valence-electron chi connectivity index (χ4n) is 1.66. The SMILES string of the molecule is COC(=O)CCN(CCOCCO)C(=O)c1cccnc1. The highest BCUT2D eigenvalue weighted by atomic mass is 16.5. The molecule has 116 valence electrons. The van der Waals surface area contributed by atoms with Gasteiger partial charge >= 0.3 is 5.97 Å². The number of carbonyl (C=O) groups excluding carboxylic acids is 2. The number of methoxy groups -OCH3 is 1. The van der Waals surface area contributed by atoms with Crippen LogP contribution in [0.15, 0.2) is 24.5 Å². The van der Waals surface area contributed by atoms with Crippen molar-refractivity contribution in [1.29, 1.82) is 0 Å². The fourth-order valence-corrected chi connectivity index (χ4v) is 1.66. The fraction of sp³-hybridized carbons (Fsp3) is 0.500. The summed E-state index contributed by atoms with van der Waals surface area (Å²) < 4.78 is 9.73. The van der Waals surface area contributed by atoms with Gasteiger partial charge in [0.05, 0.1) is 38.9 Å². The van der Waals surface area contributed by atoms with E-state index in [-0.39, 0.29) is 44.7 Å². The Balaban J connectivity index is 2.61. The Morgan fingerprint density at radius 1 is 1.33 bits per heavy atom. The van der Waals surface area contributed by atoms with Gasteiger partial charge in [0.2, 0.25) is 0 Å². The molecule has 1 amide bonds. The maximum Gasteiger partial charge on any atom is 0.307 e. The molecule has 0 atom stereocenters. The van der Waals surface area contributed by atoms with Gasteiger partial charge in [-0.05, 0) is 12.1 Å². The number of hydrogen-bond donors (Lipinski definition) is 1. The second kappa shape index (κ2) is 9.84. The number of aliphatic hydroxyl groups excluding tert-OH is 1. The molecular weight excluding hydrogens is 276 g/mol. The van der Waals surface area contributed by atoms with Crippen LogP contribution in [0.3, 0.4) is 0 Å². The molecule has 7 heteroatoms. The van der Waals surface area contributed by atoms with Crippen LogP contribution in [0.25, 0.3) is 0 Å². The molecule has 21 heavy (non-hydrogen) atoms. The van der Waals surface area contributed by atoms with Crippen molar-refractivity contribution in [2.45, 2.75) is 6.42 Å². The van der Waals surface area contributed by atoms with E-state index >= 15 is 0 Å². The number of aliphatic hydroxyl groups is 1. The van der Waals surface area contributed by atoms with Gasteiger partial charge in [-0.3, -0.25) is 14.6 Å². The molecule has 0 spiro atoms. The Labute approximate surface area is 123 Å². The number of aromatic nitrogens is 1. The van der Waals surface area contributed by atoms with Gasteiger partial charge in [0.25, 0.3) is 5.91 Å². The van der Waals surface area contributed by atoms with Crippen LogP contribution in [0.2, 0.25) is 0 Å². The predicted molar refractivity (Wildman–Crippen MR) is 74.7 cm³/mol. The highest BCUT2D eigenvalue weighted by Gasteiger charge is 2.17. The summed E-state index contributed by atoms with van der Waals surface area (Å²) in [5.41, 5.74) is 0.449. The van der Waals surface area contributed by atoms with Crippen LogP contribution in [0.5, 0.6) is 0 Å². The van der Waals surface area contributed by atoms with E-state index in [0.29, 0.717) is 12.1 Å². The summed E-state index contributed by atoms with van der Waals surface area (Å²) in [5.74, 6) is -0.602. The minimum absolute atomic E-state index is 0.0707. The Hall–Kier alpha value is -1.99. The summed E-state index contributed by atoms with van der Waals surface area (Å²) in [6.07, 6.45) is 3.17. The molecule has 0 aliphatic rings. The Morgan fingerprint density at radius 2 is 2.14 bits per heavy atom. The summed E-state index contributed by atoms with van der Waals surface area (Å²) in [4.78, 5) is 29.0. The van der Waals surface area contributed by atoms with Gasteiger partial charge in [0.15, 0.2) is 0 Å². The third kappa shape index (κ3) is 6.33. The first-order valence-corrected chi connectivity index (χ1v) is 6.63. The standard InChI is InChI=1S/C14H20N2O5/c1-20-13(18)4-6-16(7-9-21-10-8-17)14(19)12-3-2-5-15-11-12/h2-3,5,11,17H,4,6-10H2,1H3. The smallest absolute Gasteiger partial charge is 0.307 e. The zero-order chi connectivity index (χ0) is 15.5. The first-order chi connectivity index (χ1) is 10.2. The summed E-state index contributed by atoms with van der Waals surface area (Å²) in [5, 5.41) is 8.65. The summed E-state index contributed by atoms with van der Waals surface area (Å²) in [6, 6.07) is 3.34. The van der Waals surface area contributed by atoms with Crippen molar-refractivity contribution >= 4 is 11.9 Å². The van der Waals surface area contributed by atoms with Crippen LogP contribution in [-0.2, 0) is 14.3 Å². The van der Waals surface area contributed by atoms with Gasteiger partial charge in [0.1, 0.15) is 0 Å².